The molecule has 0 saturated heterocycles. The minimum atomic E-state index is -3.99. The molecule has 0 spiro atoms. The lowest BCUT2D eigenvalue weighted by Crippen LogP contribution is -2.56. The van der Waals surface area contributed by atoms with Gasteiger partial charge in [0, 0.05) is 6.42 Å². The van der Waals surface area contributed by atoms with Crippen LogP contribution in [0.15, 0.2) is 53.4 Å². The topological polar surface area (TPSA) is 128 Å². The average molecular weight is 595 g/mol. The van der Waals surface area contributed by atoms with Gasteiger partial charge in [0.2, 0.25) is 9.70 Å². The van der Waals surface area contributed by atoms with Gasteiger partial charge in [-0.15, -0.1) is 4.83 Å². The van der Waals surface area contributed by atoms with Crippen LogP contribution in [0.25, 0.3) is 0 Å². The molecule has 9 nitrogen and oxygen atoms in total. The van der Waals surface area contributed by atoms with Crippen molar-refractivity contribution >= 4 is 79.7 Å². The summed E-state index contributed by atoms with van der Waals surface area (Å²) in [6, 6.07) is 12.3. The number of sulfonamides is 1. The summed E-state index contributed by atoms with van der Waals surface area (Å²) in [5, 5.41) is 8.03. The van der Waals surface area contributed by atoms with Crippen LogP contribution in [0.3, 0.4) is 0 Å². The van der Waals surface area contributed by atoms with Crippen molar-refractivity contribution in [2.75, 3.05) is 5.32 Å². The van der Waals surface area contributed by atoms with Gasteiger partial charge in [-0.3, -0.25) is 15.0 Å². The molecule has 5 N–H and O–H groups in total. The van der Waals surface area contributed by atoms with Gasteiger partial charge >= 0.3 is 0 Å². The first kappa shape index (κ1) is 30.1. The Morgan fingerprint density at radius 1 is 1.03 bits per heavy atom. The molecular formula is C22H26Cl3N5O4S2. The van der Waals surface area contributed by atoms with Crippen LogP contribution in [0.4, 0.5) is 5.69 Å². The van der Waals surface area contributed by atoms with Crippen molar-refractivity contribution in [1.29, 1.82) is 0 Å². The molecule has 1 unspecified atom stereocenters. The van der Waals surface area contributed by atoms with Gasteiger partial charge in [0.25, 0.3) is 15.9 Å². The van der Waals surface area contributed by atoms with E-state index in [1.165, 1.54) is 18.2 Å². The molecule has 0 aliphatic heterocycles. The van der Waals surface area contributed by atoms with E-state index in [-0.39, 0.29) is 33.6 Å². The van der Waals surface area contributed by atoms with E-state index in [0.717, 1.165) is 12.0 Å². The number of carbonyl (C=O) groups excluding carboxylic acids is 2. The third-order valence-electron chi connectivity index (χ3n) is 4.72. The van der Waals surface area contributed by atoms with Crippen LogP contribution in [0.2, 0.25) is 0 Å². The molecule has 2 aromatic rings. The molecule has 2 amide bonds. The lowest BCUT2D eigenvalue weighted by atomic mass is 10.1. The number of hydrogen-bond donors (Lipinski definition) is 5. The van der Waals surface area contributed by atoms with Crippen molar-refractivity contribution in [3.05, 3.63) is 59.7 Å². The second-order valence-corrected chi connectivity index (χ2v) is 12.1. The molecule has 0 aliphatic rings. The van der Waals surface area contributed by atoms with Crippen molar-refractivity contribution < 1.29 is 18.0 Å². The number of hydrazine groups is 1. The van der Waals surface area contributed by atoms with Crippen LogP contribution in [0.5, 0.6) is 0 Å². The van der Waals surface area contributed by atoms with E-state index >= 15 is 0 Å². The molecule has 0 fully saturated rings. The van der Waals surface area contributed by atoms with E-state index in [0.29, 0.717) is 6.42 Å². The minimum absolute atomic E-state index is 0.0103. The molecule has 196 valence electrons. The zero-order valence-corrected chi connectivity index (χ0v) is 23.3. The fraction of sp³-hybridized carbons (Fsp3) is 0.318. The summed E-state index contributed by atoms with van der Waals surface area (Å²) in [4.78, 5) is 26.9. The smallest absolute Gasteiger partial charge is 0.268 e. The monoisotopic (exact) mass is 593 g/mol. The fourth-order valence-electron chi connectivity index (χ4n) is 2.81. The fourth-order valence-corrected chi connectivity index (χ4v) is 4.20. The maximum atomic E-state index is 12.7. The first-order valence-corrected chi connectivity index (χ1v) is 13.8. The first-order chi connectivity index (χ1) is 16.8. The van der Waals surface area contributed by atoms with Gasteiger partial charge in [-0.1, -0.05) is 78.0 Å². The molecule has 0 aromatic heterocycles. The highest BCUT2D eigenvalue weighted by Crippen LogP contribution is 2.29. The molecule has 36 heavy (non-hydrogen) atoms. The molecule has 0 bridgehead atoms. The Morgan fingerprint density at radius 2 is 1.67 bits per heavy atom. The molecule has 1 atom stereocenters. The number of benzene rings is 2. The molecule has 14 heteroatoms. The third-order valence-corrected chi connectivity index (χ3v) is 6.85. The number of aryl methyl sites for hydroxylation is 1. The van der Waals surface area contributed by atoms with Crippen LogP contribution in [-0.4, -0.2) is 35.3 Å². The lowest BCUT2D eigenvalue weighted by Gasteiger charge is -2.28. The molecular weight excluding hydrogens is 569 g/mol. The largest absolute Gasteiger partial charge is 0.339 e. The van der Waals surface area contributed by atoms with E-state index in [1.807, 2.05) is 13.8 Å². The first-order valence-electron chi connectivity index (χ1n) is 10.7. The van der Waals surface area contributed by atoms with Crippen LogP contribution in [0, 0.1) is 6.92 Å². The zero-order chi connectivity index (χ0) is 26.9. The van der Waals surface area contributed by atoms with Gasteiger partial charge in [0.1, 0.15) is 6.17 Å². The van der Waals surface area contributed by atoms with E-state index in [1.54, 1.807) is 30.3 Å². The lowest BCUT2D eigenvalue weighted by molar-refractivity contribution is -0.122. The van der Waals surface area contributed by atoms with Gasteiger partial charge in [-0.05, 0) is 49.8 Å². The molecule has 2 aromatic carbocycles. The van der Waals surface area contributed by atoms with Gasteiger partial charge in [0.15, 0.2) is 5.11 Å². The highest BCUT2D eigenvalue weighted by molar-refractivity contribution is 7.89. The third kappa shape index (κ3) is 9.38. The predicted octanol–water partition coefficient (Wildman–Crippen LogP) is 3.91. The average Bonchev–Trinajstić information content (AvgIpc) is 2.81. The number of alkyl halides is 3. The van der Waals surface area contributed by atoms with E-state index in [2.05, 4.69) is 26.2 Å². The Hall–Kier alpha value is -2.15. The van der Waals surface area contributed by atoms with Crippen molar-refractivity contribution in [1.82, 2.24) is 20.9 Å². The zero-order valence-electron chi connectivity index (χ0n) is 19.4. The standard InChI is InChI=1S/C22H26Cl3N5O4S2/c1-3-4-9-18(31)27-20(22(23,24)25)28-21(35)26-17-8-6-5-7-16(17)19(32)29-30-36(33,34)15-12-10-14(2)11-13-15/h5-8,10-13,20,30H,3-4,9H2,1-2H3,(H,27,31)(H,29,32)(H2,26,28,35). The van der Waals surface area contributed by atoms with E-state index < -0.39 is 25.9 Å². The molecule has 2 rings (SSSR count). The van der Waals surface area contributed by atoms with Crippen molar-refractivity contribution in [3.63, 3.8) is 0 Å². The molecule has 0 saturated carbocycles. The van der Waals surface area contributed by atoms with E-state index in [9.17, 15) is 18.0 Å². The number of halogens is 3. The second-order valence-electron chi connectivity index (χ2n) is 7.66. The minimum Gasteiger partial charge on any atom is -0.339 e. The van der Waals surface area contributed by atoms with Crippen LogP contribution in [-0.2, 0) is 14.8 Å². The van der Waals surface area contributed by atoms with Crippen molar-refractivity contribution in [2.24, 2.45) is 0 Å². The second kappa shape index (κ2) is 13.4. The molecule has 0 heterocycles. The number of rotatable bonds is 10. The van der Waals surface area contributed by atoms with Crippen molar-refractivity contribution in [3.8, 4) is 0 Å². The summed E-state index contributed by atoms with van der Waals surface area (Å²) >= 11 is 23.2. The predicted molar refractivity (Wildman–Crippen MR) is 147 cm³/mol. The Bertz CT molecular complexity index is 1190. The molecule has 0 radical (unpaired) electrons. The number of unbranched alkanes of at least 4 members (excludes halogenated alkanes) is 1. The highest BCUT2D eigenvalue weighted by atomic mass is 35.6. The summed E-state index contributed by atoms with van der Waals surface area (Å²) in [6.45, 7) is 3.77. The number of nitrogens with one attached hydrogen (secondary N) is 5. The number of amides is 2. The summed E-state index contributed by atoms with van der Waals surface area (Å²) in [7, 11) is -3.99. The molecule has 0 aliphatic carbocycles. The van der Waals surface area contributed by atoms with E-state index in [4.69, 9.17) is 47.0 Å². The summed E-state index contributed by atoms with van der Waals surface area (Å²) in [6.07, 6.45) is 0.572. The van der Waals surface area contributed by atoms with Gasteiger partial charge in [-0.2, -0.15) is 0 Å². The van der Waals surface area contributed by atoms with Crippen molar-refractivity contribution in [2.45, 2.75) is 48.0 Å². The number of anilines is 1. The van der Waals surface area contributed by atoms with Gasteiger partial charge in [0.05, 0.1) is 16.1 Å². The SMILES string of the molecule is CCCCC(=O)NC(NC(=S)Nc1ccccc1C(=O)NNS(=O)(=O)c1ccc(C)cc1)C(Cl)(Cl)Cl. The van der Waals surface area contributed by atoms with Gasteiger partial charge in [-0.25, -0.2) is 8.42 Å². The summed E-state index contributed by atoms with van der Waals surface area (Å²) < 4.78 is 23.0. The number of hydrogen-bond acceptors (Lipinski definition) is 5. The summed E-state index contributed by atoms with van der Waals surface area (Å²) in [5.41, 5.74) is 3.38. The maximum Gasteiger partial charge on any atom is 0.268 e. The number of para-hydroxylation sites is 1. The quantitative estimate of drug-likeness (QED) is 0.122. The van der Waals surface area contributed by atoms with Crippen LogP contribution >= 0.6 is 47.0 Å². The number of carbonyl (C=O) groups is 2. The Labute approximate surface area is 230 Å². The van der Waals surface area contributed by atoms with Crippen LogP contribution < -0.4 is 26.2 Å². The normalized spacial score (nSPS) is 12.4. The Kier molecular flexibility index (Phi) is 11.2. The van der Waals surface area contributed by atoms with Crippen LogP contribution in [0.1, 0.15) is 42.1 Å². The summed E-state index contributed by atoms with van der Waals surface area (Å²) in [5.74, 6) is -1.08. The maximum absolute atomic E-state index is 12.7. The highest BCUT2D eigenvalue weighted by Gasteiger charge is 2.34. The Balaban J connectivity index is 2.08. The number of thiocarbonyl (C=S) groups is 1. The Morgan fingerprint density at radius 3 is 2.28 bits per heavy atom. The van der Waals surface area contributed by atoms with Gasteiger partial charge < -0.3 is 16.0 Å².